The molecular weight excluding hydrogens is 186 g/mol. The van der Waals surface area contributed by atoms with Crippen LogP contribution in [0, 0.1) is 5.92 Å². The summed E-state index contributed by atoms with van der Waals surface area (Å²) in [7, 11) is 1.79. The van der Waals surface area contributed by atoms with Crippen LogP contribution in [-0.2, 0) is 4.74 Å². The van der Waals surface area contributed by atoms with E-state index < -0.39 is 0 Å². The van der Waals surface area contributed by atoms with Crippen molar-refractivity contribution >= 4 is 0 Å². The normalized spacial score (nSPS) is 21.8. The van der Waals surface area contributed by atoms with E-state index in [0.717, 1.165) is 31.9 Å². The summed E-state index contributed by atoms with van der Waals surface area (Å²) in [4.78, 5) is 0. The Morgan fingerprint density at radius 3 is 2.60 bits per heavy atom. The molecule has 0 amide bonds. The van der Waals surface area contributed by atoms with E-state index in [-0.39, 0.29) is 0 Å². The fourth-order valence-electron chi connectivity index (χ4n) is 2.30. The molecule has 1 rings (SSSR count). The van der Waals surface area contributed by atoms with Crippen LogP contribution in [0.2, 0.25) is 0 Å². The molecule has 0 aromatic carbocycles. The van der Waals surface area contributed by atoms with Gasteiger partial charge in [0, 0.05) is 7.11 Å². The van der Waals surface area contributed by atoms with Crippen molar-refractivity contribution in [3.8, 4) is 0 Å². The quantitative estimate of drug-likeness (QED) is 0.710. The first-order valence-corrected chi connectivity index (χ1v) is 6.16. The van der Waals surface area contributed by atoms with Gasteiger partial charge < -0.3 is 10.5 Å². The fourth-order valence-corrected chi connectivity index (χ4v) is 2.30. The summed E-state index contributed by atoms with van der Waals surface area (Å²) in [6.45, 7) is 3.95. The van der Waals surface area contributed by atoms with Crippen LogP contribution < -0.4 is 5.73 Å². The summed E-state index contributed by atoms with van der Waals surface area (Å²) < 4.78 is 5.28. The first-order valence-electron chi connectivity index (χ1n) is 6.16. The van der Waals surface area contributed by atoms with Gasteiger partial charge in [-0.1, -0.05) is 12.5 Å². The summed E-state index contributed by atoms with van der Waals surface area (Å²) >= 11 is 0. The van der Waals surface area contributed by atoms with Crippen LogP contribution in [0.1, 0.15) is 45.4 Å². The second-order valence-corrected chi connectivity index (χ2v) is 4.71. The molecule has 0 spiro atoms. The molecule has 0 aromatic rings. The lowest BCUT2D eigenvalue weighted by Gasteiger charge is -2.23. The highest BCUT2D eigenvalue weighted by molar-refractivity contribution is 5.16. The van der Waals surface area contributed by atoms with Gasteiger partial charge in [-0.2, -0.15) is 0 Å². The Hall–Kier alpha value is -0.340. The van der Waals surface area contributed by atoms with Gasteiger partial charge in [0.05, 0.1) is 6.61 Å². The third-order valence-corrected chi connectivity index (χ3v) is 3.38. The van der Waals surface area contributed by atoms with Gasteiger partial charge in [-0.25, -0.2) is 0 Å². The van der Waals surface area contributed by atoms with Gasteiger partial charge >= 0.3 is 0 Å². The average molecular weight is 211 g/mol. The Balaban J connectivity index is 2.54. The number of rotatable bonds is 5. The molecule has 0 aromatic heterocycles. The Kier molecular flexibility index (Phi) is 5.96. The van der Waals surface area contributed by atoms with E-state index in [1.165, 1.54) is 31.3 Å². The van der Waals surface area contributed by atoms with Crippen LogP contribution in [0.25, 0.3) is 0 Å². The first kappa shape index (κ1) is 12.7. The molecule has 0 atom stereocenters. The van der Waals surface area contributed by atoms with Gasteiger partial charge in [-0.15, -0.1) is 0 Å². The van der Waals surface area contributed by atoms with E-state index in [1.54, 1.807) is 12.7 Å². The smallest absolute Gasteiger partial charge is 0.0675 e. The van der Waals surface area contributed by atoms with Crippen LogP contribution in [0.3, 0.4) is 0 Å². The molecule has 0 radical (unpaired) electrons. The molecule has 0 saturated heterocycles. The number of nitrogens with two attached hydrogens (primary N) is 1. The van der Waals surface area contributed by atoms with Gasteiger partial charge in [0.25, 0.3) is 0 Å². The standard InChI is InChI=1S/C13H25NO/c1-11-5-7-12(8-6-11)13(10-15-2)4-3-9-14/h11H,3-10,14H2,1-2H3. The van der Waals surface area contributed by atoms with Crippen molar-refractivity contribution in [1.82, 2.24) is 0 Å². The van der Waals surface area contributed by atoms with Gasteiger partial charge in [0.1, 0.15) is 0 Å². The van der Waals surface area contributed by atoms with Crippen LogP contribution in [0.15, 0.2) is 11.1 Å². The number of methoxy groups -OCH3 is 1. The van der Waals surface area contributed by atoms with E-state index in [4.69, 9.17) is 10.5 Å². The maximum atomic E-state index is 5.56. The van der Waals surface area contributed by atoms with Crippen LogP contribution in [0.4, 0.5) is 0 Å². The molecule has 1 saturated carbocycles. The van der Waals surface area contributed by atoms with E-state index in [9.17, 15) is 0 Å². The highest BCUT2D eigenvalue weighted by atomic mass is 16.5. The van der Waals surface area contributed by atoms with Gasteiger partial charge in [-0.05, 0) is 56.6 Å². The largest absolute Gasteiger partial charge is 0.380 e. The lowest BCUT2D eigenvalue weighted by atomic mass is 9.84. The summed E-state index contributed by atoms with van der Waals surface area (Å²) in [6, 6.07) is 0. The minimum absolute atomic E-state index is 0.789. The predicted octanol–water partition coefficient (Wildman–Crippen LogP) is 2.88. The van der Waals surface area contributed by atoms with Gasteiger partial charge in [-0.3, -0.25) is 0 Å². The van der Waals surface area contributed by atoms with E-state index in [0.29, 0.717) is 0 Å². The number of hydrogen-bond acceptors (Lipinski definition) is 2. The van der Waals surface area contributed by atoms with Gasteiger partial charge in [0.2, 0.25) is 0 Å². The van der Waals surface area contributed by atoms with Crippen molar-refractivity contribution < 1.29 is 4.74 Å². The van der Waals surface area contributed by atoms with Crippen molar-refractivity contribution in [3.05, 3.63) is 11.1 Å². The maximum absolute atomic E-state index is 5.56. The molecule has 2 heteroatoms. The number of allylic oxidation sites excluding steroid dienone is 1. The third kappa shape index (κ3) is 4.35. The average Bonchev–Trinajstić information content (AvgIpc) is 2.25. The molecule has 0 unspecified atom stereocenters. The lowest BCUT2D eigenvalue weighted by Crippen LogP contribution is -2.10. The summed E-state index contributed by atoms with van der Waals surface area (Å²) in [5.74, 6) is 0.909. The third-order valence-electron chi connectivity index (χ3n) is 3.38. The fraction of sp³-hybridized carbons (Fsp3) is 0.846. The van der Waals surface area contributed by atoms with E-state index >= 15 is 0 Å². The predicted molar refractivity (Wildman–Crippen MR) is 64.8 cm³/mol. The molecule has 0 aliphatic heterocycles. The summed E-state index contributed by atoms with van der Waals surface area (Å²) in [6.07, 6.45) is 7.50. The van der Waals surface area contributed by atoms with E-state index in [1.807, 2.05) is 0 Å². The number of hydrogen-bond donors (Lipinski definition) is 1. The summed E-state index contributed by atoms with van der Waals surface area (Å²) in [5, 5.41) is 0. The van der Waals surface area contributed by atoms with Crippen molar-refractivity contribution in [2.24, 2.45) is 11.7 Å². The molecule has 2 nitrogen and oxygen atoms in total. The van der Waals surface area contributed by atoms with E-state index in [2.05, 4.69) is 6.92 Å². The topological polar surface area (TPSA) is 35.2 Å². The lowest BCUT2D eigenvalue weighted by molar-refractivity contribution is 0.220. The maximum Gasteiger partial charge on any atom is 0.0675 e. The molecule has 15 heavy (non-hydrogen) atoms. The molecule has 0 bridgehead atoms. The van der Waals surface area contributed by atoms with Crippen LogP contribution >= 0.6 is 0 Å². The Morgan fingerprint density at radius 2 is 2.07 bits per heavy atom. The highest BCUT2D eigenvalue weighted by Gasteiger charge is 2.15. The van der Waals surface area contributed by atoms with Crippen molar-refractivity contribution in [2.75, 3.05) is 20.3 Å². The second-order valence-electron chi connectivity index (χ2n) is 4.71. The van der Waals surface area contributed by atoms with Crippen molar-refractivity contribution in [3.63, 3.8) is 0 Å². The van der Waals surface area contributed by atoms with Gasteiger partial charge in [0.15, 0.2) is 0 Å². The number of ether oxygens (including phenoxy) is 1. The zero-order chi connectivity index (χ0) is 11.1. The molecule has 1 aliphatic carbocycles. The molecule has 0 heterocycles. The SMILES string of the molecule is COCC(CCCN)=C1CCC(C)CC1. The minimum Gasteiger partial charge on any atom is -0.380 e. The molecule has 2 N–H and O–H groups in total. The van der Waals surface area contributed by atoms with Crippen LogP contribution in [0.5, 0.6) is 0 Å². The zero-order valence-electron chi connectivity index (χ0n) is 10.2. The van der Waals surface area contributed by atoms with Crippen molar-refractivity contribution in [2.45, 2.75) is 45.4 Å². The second kappa shape index (κ2) is 7.02. The molecule has 88 valence electrons. The summed E-state index contributed by atoms with van der Waals surface area (Å²) in [5.41, 5.74) is 8.74. The Morgan fingerprint density at radius 1 is 1.40 bits per heavy atom. The molecule has 1 fully saturated rings. The molecule has 1 aliphatic rings. The minimum atomic E-state index is 0.789. The Labute approximate surface area is 93.9 Å². The first-order chi connectivity index (χ1) is 7.27. The monoisotopic (exact) mass is 211 g/mol. The Bertz CT molecular complexity index is 201. The highest BCUT2D eigenvalue weighted by Crippen LogP contribution is 2.31. The molecular formula is C13H25NO. The zero-order valence-corrected chi connectivity index (χ0v) is 10.2. The van der Waals surface area contributed by atoms with Crippen molar-refractivity contribution in [1.29, 1.82) is 0 Å². The van der Waals surface area contributed by atoms with Crippen LogP contribution in [-0.4, -0.2) is 20.3 Å².